The van der Waals surface area contributed by atoms with Gasteiger partial charge in [-0.25, -0.2) is 4.98 Å². The van der Waals surface area contributed by atoms with Crippen molar-refractivity contribution in [2.75, 3.05) is 17.7 Å². The summed E-state index contributed by atoms with van der Waals surface area (Å²) < 4.78 is 11.1. The molecular weight excluding hydrogens is 637 g/mol. The predicted octanol–water partition coefficient (Wildman–Crippen LogP) is 8.03. The number of oxazole rings is 1. The Hall–Kier alpha value is -6.13. The summed E-state index contributed by atoms with van der Waals surface area (Å²) in [5.74, 6) is 0.139. The fourth-order valence-corrected chi connectivity index (χ4v) is 5.69. The number of nitrogens with one attached hydrogen (secondary N) is 3. The molecule has 0 aliphatic heterocycles. The molecule has 244 valence electrons. The highest BCUT2D eigenvalue weighted by atomic mass is 32.2. The minimum Gasteiger partial charge on any atom is -0.497 e. The minimum atomic E-state index is -0.490. The van der Waals surface area contributed by atoms with E-state index in [0.29, 0.717) is 34.1 Å². The largest absolute Gasteiger partial charge is 0.497 e. The molecule has 1 atom stereocenters. The van der Waals surface area contributed by atoms with Gasteiger partial charge in [0.25, 0.3) is 11.8 Å². The van der Waals surface area contributed by atoms with Crippen LogP contribution in [0.4, 0.5) is 11.4 Å². The third kappa shape index (κ3) is 8.43. The van der Waals surface area contributed by atoms with E-state index in [2.05, 4.69) is 20.9 Å². The summed E-state index contributed by atoms with van der Waals surface area (Å²) in [6.07, 6.45) is 1.60. The first-order chi connectivity index (χ1) is 23.8. The molecule has 10 heteroatoms. The summed E-state index contributed by atoms with van der Waals surface area (Å²) in [6, 6.07) is 37.9. The van der Waals surface area contributed by atoms with Crippen molar-refractivity contribution in [3.05, 3.63) is 144 Å². The number of thioether (sulfide) groups is 1. The lowest BCUT2D eigenvalue weighted by atomic mass is 10.1. The molecule has 0 bridgehead atoms. The van der Waals surface area contributed by atoms with E-state index in [1.165, 1.54) is 11.8 Å². The Morgan fingerprint density at radius 3 is 2.12 bits per heavy atom. The molecule has 0 aliphatic carbocycles. The number of ether oxygens (including phenoxy) is 1. The monoisotopic (exact) mass is 668 g/mol. The van der Waals surface area contributed by atoms with Crippen LogP contribution in [0.3, 0.4) is 0 Å². The molecule has 5 aromatic carbocycles. The van der Waals surface area contributed by atoms with Crippen molar-refractivity contribution in [3.8, 4) is 17.2 Å². The number of benzene rings is 5. The van der Waals surface area contributed by atoms with Crippen LogP contribution in [0, 0.1) is 0 Å². The van der Waals surface area contributed by atoms with Gasteiger partial charge in [0.05, 0.1) is 12.4 Å². The second kappa shape index (κ2) is 15.2. The van der Waals surface area contributed by atoms with Gasteiger partial charge in [-0.05, 0) is 103 Å². The van der Waals surface area contributed by atoms with Crippen LogP contribution in [0.15, 0.2) is 142 Å². The van der Waals surface area contributed by atoms with E-state index < -0.39 is 17.1 Å². The van der Waals surface area contributed by atoms with Gasteiger partial charge in [0.2, 0.25) is 11.8 Å². The molecule has 1 aromatic heterocycles. The molecule has 0 saturated heterocycles. The van der Waals surface area contributed by atoms with Gasteiger partial charge >= 0.3 is 0 Å². The van der Waals surface area contributed by atoms with E-state index >= 15 is 0 Å². The molecule has 1 heterocycles. The van der Waals surface area contributed by atoms with Gasteiger partial charge in [0.1, 0.15) is 17.0 Å². The standard InChI is InChI=1S/C39H32N4O5S/c1-25(36(44)40-29-16-14-28(15-17-29)39-43-33-10-6-7-11-35(33)48-39)49-32-22-18-30(19-23-32)41-38(46)34(24-26-12-20-31(47-2)21-13-26)42-37(45)27-8-4-3-5-9-27/h3-25H,1-2H3,(H,40,44)(H,41,46)(H,42,45)/b34-24-. The van der Waals surface area contributed by atoms with Crippen LogP contribution in [-0.4, -0.2) is 35.1 Å². The number of methoxy groups -OCH3 is 1. The Morgan fingerprint density at radius 1 is 0.776 bits per heavy atom. The number of aromatic nitrogens is 1. The summed E-state index contributed by atoms with van der Waals surface area (Å²) in [7, 11) is 1.58. The van der Waals surface area contributed by atoms with E-state index in [4.69, 9.17) is 9.15 Å². The third-order valence-electron chi connectivity index (χ3n) is 7.44. The zero-order valence-electron chi connectivity index (χ0n) is 26.7. The molecule has 3 N–H and O–H groups in total. The maximum absolute atomic E-state index is 13.4. The van der Waals surface area contributed by atoms with Gasteiger partial charge < -0.3 is 25.1 Å². The molecule has 0 aliphatic rings. The van der Waals surface area contributed by atoms with Gasteiger partial charge in [0.15, 0.2) is 5.58 Å². The fourth-order valence-electron chi connectivity index (χ4n) is 4.82. The van der Waals surface area contributed by atoms with Crippen molar-refractivity contribution in [2.24, 2.45) is 0 Å². The van der Waals surface area contributed by atoms with E-state index in [-0.39, 0.29) is 11.6 Å². The number of rotatable bonds is 11. The molecule has 0 spiro atoms. The molecule has 0 fully saturated rings. The molecule has 49 heavy (non-hydrogen) atoms. The molecule has 3 amide bonds. The summed E-state index contributed by atoms with van der Waals surface area (Å²) in [6.45, 7) is 1.83. The Balaban J connectivity index is 1.07. The Morgan fingerprint density at radius 2 is 1.43 bits per heavy atom. The van der Waals surface area contributed by atoms with Gasteiger partial charge in [-0.1, -0.05) is 42.5 Å². The van der Waals surface area contributed by atoms with E-state index in [1.807, 2.05) is 73.7 Å². The van der Waals surface area contributed by atoms with E-state index in [9.17, 15) is 14.4 Å². The van der Waals surface area contributed by atoms with Gasteiger partial charge in [0, 0.05) is 27.4 Å². The number of anilines is 2. The van der Waals surface area contributed by atoms with Crippen LogP contribution in [0.1, 0.15) is 22.8 Å². The molecule has 1 unspecified atom stereocenters. The smallest absolute Gasteiger partial charge is 0.272 e. The van der Waals surface area contributed by atoms with E-state index in [0.717, 1.165) is 21.6 Å². The van der Waals surface area contributed by atoms with Crippen molar-refractivity contribution < 1.29 is 23.5 Å². The van der Waals surface area contributed by atoms with Crippen LogP contribution in [0.5, 0.6) is 5.75 Å². The minimum absolute atomic E-state index is 0.0737. The quantitative estimate of drug-likeness (QED) is 0.0944. The van der Waals surface area contributed by atoms with Crippen LogP contribution in [0.25, 0.3) is 28.6 Å². The lowest BCUT2D eigenvalue weighted by Gasteiger charge is -2.14. The van der Waals surface area contributed by atoms with Crippen LogP contribution < -0.4 is 20.7 Å². The van der Waals surface area contributed by atoms with Crippen molar-refractivity contribution in [1.82, 2.24) is 10.3 Å². The molecule has 6 rings (SSSR count). The maximum atomic E-state index is 13.4. The second-order valence-electron chi connectivity index (χ2n) is 10.9. The summed E-state index contributed by atoms with van der Waals surface area (Å²) >= 11 is 1.39. The molecule has 6 aromatic rings. The van der Waals surface area contributed by atoms with Crippen molar-refractivity contribution in [2.45, 2.75) is 17.1 Å². The average Bonchev–Trinajstić information content (AvgIpc) is 3.57. The van der Waals surface area contributed by atoms with Crippen molar-refractivity contribution >= 4 is 58.0 Å². The van der Waals surface area contributed by atoms with Gasteiger partial charge in [-0.3, -0.25) is 14.4 Å². The Bertz CT molecular complexity index is 2080. The van der Waals surface area contributed by atoms with E-state index in [1.54, 1.807) is 73.8 Å². The highest BCUT2D eigenvalue weighted by Crippen LogP contribution is 2.28. The molecule has 0 radical (unpaired) electrons. The summed E-state index contributed by atoms with van der Waals surface area (Å²) in [5, 5.41) is 8.15. The maximum Gasteiger partial charge on any atom is 0.272 e. The van der Waals surface area contributed by atoms with Crippen molar-refractivity contribution in [1.29, 1.82) is 0 Å². The van der Waals surface area contributed by atoms with Gasteiger partial charge in [-0.2, -0.15) is 0 Å². The normalized spacial score (nSPS) is 11.8. The zero-order valence-corrected chi connectivity index (χ0v) is 27.5. The fraction of sp³-hybridized carbons (Fsp3) is 0.0769. The first-order valence-corrected chi connectivity index (χ1v) is 16.3. The SMILES string of the molecule is COc1ccc(/C=C(\NC(=O)c2ccccc2)C(=O)Nc2ccc(SC(C)C(=O)Nc3ccc(-c4nc5ccccc5o4)cc3)cc2)cc1. The number of hydrogen-bond donors (Lipinski definition) is 3. The summed E-state index contributed by atoms with van der Waals surface area (Å²) in [4.78, 5) is 44.7. The number of nitrogens with zero attached hydrogens (tertiary/aromatic N) is 1. The number of hydrogen-bond acceptors (Lipinski definition) is 7. The molecule has 9 nitrogen and oxygen atoms in total. The highest BCUT2D eigenvalue weighted by molar-refractivity contribution is 8.00. The first-order valence-electron chi connectivity index (χ1n) is 15.4. The number of amides is 3. The topological polar surface area (TPSA) is 123 Å². The highest BCUT2D eigenvalue weighted by Gasteiger charge is 2.17. The van der Waals surface area contributed by atoms with Crippen LogP contribution in [-0.2, 0) is 9.59 Å². The zero-order chi connectivity index (χ0) is 34.2. The first kappa shape index (κ1) is 32.8. The average molecular weight is 669 g/mol. The summed E-state index contributed by atoms with van der Waals surface area (Å²) in [5.41, 5.74) is 4.71. The number of carbonyl (C=O) groups is 3. The van der Waals surface area contributed by atoms with Crippen molar-refractivity contribution in [3.63, 3.8) is 0 Å². The van der Waals surface area contributed by atoms with Crippen LogP contribution >= 0.6 is 11.8 Å². The lowest BCUT2D eigenvalue weighted by molar-refractivity contribution is -0.115. The van der Waals surface area contributed by atoms with Crippen LogP contribution in [0.2, 0.25) is 0 Å². The molecular formula is C39H32N4O5S. The number of fused-ring (bicyclic) bond motifs is 1. The van der Waals surface area contributed by atoms with Gasteiger partial charge in [-0.15, -0.1) is 11.8 Å². The number of para-hydroxylation sites is 2. The third-order valence-corrected chi connectivity index (χ3v) is 8.56. The number of carbonyl (C=O) groups excluding carboxylic acids is 3. The Labute approximate surface area is 287 Å². The Kier molecular flexibility index (Phi) is 10.2. The molecule has 0 saturated carbocycles. The second-order valence-corrected chi connectivity index (χ2v) is 12.4. The lowest BCUT2D eigenvalue weighted by Crippen LogP contribution is -2.30. The predicted molar refractivity (Wildman–Crippen MR) is 193 cm³/mol.